The van der Waals surface area contributed by atoms with E-state index in [1.165, 1.54) is 14.0 Å². The van der Waals surface area contributed by atoms with E-state index in [1.807, 2.05) is 0 Å². The third kappa shape index (κ3) is 3.90. The molecule has 1 N–H and O–H groups in total. The lowest BCUT2D eigenvalue weighted by Gasteiger charge is -2.21. The largest absolute Gasteiger partial charge is 0.480 e. The van der Waals surface area contributed by atoms with Gasteiger partial charge in [0.05, 0.1) is 7.11 Å². The summed E-state index contributed by atoms with van der Waals surface area (Å²) in [7, 11) is 1.22. The Bertz CT molecular complexity index is 225. The zero-order chi connectivity index (χ0) is 11.9. The molecular formula is C11H20O4. The van der Waals surface area contributed by atoms with Crippen molar-refractivity contribution in [2.24, 2.45) is 5.41 Å². The van der Waals surface area contributed by atoms with Gasteiger partial charge in [0.15, 0.2) is 5.41 Å². The van der Waals surface area contributed by atoms with Crippen molar-refractivity contribution in [3.63, 3.8) is 0 Å². The maximum Gasteiger partial charge on any atom is 0.322 e. The number of rotatable bonds is 7. The number of unbranched alkanes of at least 4 members (excludes halogenated alkanes) is 3. The van der Waals surface area contributed by atoms with Crippen LogP contribution in [0.2, 0.25) is 0 Å². The summed E-state index contributed by atoms with van der Waals surface area (Å²) in [4.78, 5) is 22.3. The smallest absolute Gasteiger partial charge is 0.322 e. The molecule has 0 amide bonds. The highest BCUT2D eigenvalue weighted by Crippen LogP contribution is 2.26. The van der Waals surface area contributed by atoms with Gasteiger partial charge in [-0.3, -0.25) is 9.59 Å². The van der Waals surface area contributed by atoms with Gasteiger partial charge in [0.25, 0.3) is 0 Å². The second-order valence-electron chi connectivity index (χ2n) is 3.94. The van der Waals surface area contributed by atoms with Crippen LogP contribution in [0.25, 0.3) is 0 Å². The number of esters is 1. The molecule has 88 valence electrons. The Balaban J connectivity index is 4.27. The molecule has 1 atom stereocenters. The highest BCUT2D eigenvalue weighted by atomic mass is 16.5. The van der Waals surface area contributed by atoms with E-state index in [1.54, 1.807) is 0 Å². The van der Waals surface area contributed by atoms with Crippen LogP contribution < -0.4 is 0 Å². The summed E-state index contributed by atoms with van der Waals surface area (Å²) >= 11 is 0. The first-order valence-corrected chi connectivity index (χ1v) is 5.30. The molecule has 0 aromatic rings. The Morgan fingerprint density at radius 1 is 1.27 bits per heavy atom. The van der Waals surface area contributed by atoms with Gasteiger partial charge in [0.2, 0.25) is 0 Å². The minimum absolute atomic E-state index is 0.342. The SMILES string of the molecule is CCCCCCC(C)(C(=O)O)C(=O)OC. The van der Waals surface area contributed by atoms with E-state index in [0.717, 1.165) is 25.7 Å². The highest BCUT2D eigenvalue weighted by Gasteiger charge is 2.41. The fourth-order valence-corrected chi connectivity index (χ4v) is 1.43. The minimum atomic E-state index is -1.39. The van der Waals surface area contributed by atoms with E-state index in [9.17, 15) is 9.59 Å². The predicted octanol–water partition coefficient (Wildman–Crippen LogP) is 2.22. The minimum Gasteiger partial charge on any atom is -0.480 e. The molecule has 0 rings (SSSR count). The maximum atomic E-state index is 11.3. The lowest BCUT2D eigenvalue weighted by molar-refractivity contribution is -0.166. The molecule has 4 nitrogen and oxygen atoms in total. The van der Waals surface area contributed by atoms with Crippen molar-refractivity contribution in [3.8, 4) is 0 Å². The van der Waals surface area contributed by atoms with Crippen LogP contribution in [-0.2, 0) is 14.3 Å². The third-order valence-electron chi connectivity index (χ3n) is 2.64. The van der Waals surface area contributed by atoms with Crippen LogP contribution in [-0.4, -0.2) is 24.2 Å². The number of carboxylic acids is 1. The number of hydrogen-bond donors (Lipinski definition) is 1. The van der Waals surface area contributed by atoms with Crippen molar-refractivity contribution in [2.75, 3.05) is 7.11 Å². The molecule has 0 spiro atoms. The van der Waals surface area contributed by atoms with Crippen LogP contribution >= 0.6 is 0 Å². The lowest BCUT2D eigenvalue weighted by Crippen LogP contribution is -2.37. The number of carboxylic acid groups (broad SMARTS) is 1. The van der Waals surface area contributed by atoms with Crippen molar-refractivity contribution in [1.29, 1.82) is 0 Å². The number of aliphatic carboxylic acids is 1. The van der Waals surface area contributed by atoms with E-state index >= 15 is 0 Å². The van der Waals surface area contributed by atoms with Crippen molar-refractivity contribution in [1.82, 2.24) is 0 Å². The molecule has 0 bridgehead atoms. The zero-order valence-corrected chi connectivity index (χ0v) is 9.71. The first-order valence-electron chi connectivity index (χ1n) is 5.30. The summed E-state index contributed by atoms with van der Waals surface area (Å²) in [5.74, 6) is -1.77. The van der Waals surface area contributed by atoms with Crippen molar-refractivity contribution in [2.45, 2.75) is 46.0 Å². The van der Waals surface area contributed by atoms with Gasteiger partial charge in [-0.1, -0.05) is 32.6 Å². The third-order valence-corrected chi connectivity index (χ3v) is 2.64. The van der Waals surface area contributed by atoms with Gasteiger partial charge in [0.1, 0.15) is 0 Å². The Morgan fingerprint density at radius 3 is 2.27 bits per heavy atom. The summed E-state index contributed by atoms with van der Waals surface area (Å²) in [6, 6.07) is 0. The predicted molar refractivity (Wildman–Crippen MR) is 56.5 cm³/mol. The average molecular weight is 216 g/mol. The summed E-state index contributed by atoms with van der Waals surface area (Å²) in [6.45, 7) is 3.50. The summed E-state index contributed by atoms with van der Waals surface area (Å²) in [6.07, 6.45) is 4.19. The molecular weight excluding hydrogens is 196 g/mol. The molecule has 15 heavy (non-hydrogen) atoms. The van der Waals surface area contributed by atoms with E-state index in [0.29, 0.717) is 6.42 Å². The fraction of sp³-hybridized carbons (Fsp3) is 0.818. The fourth-order valence-electron chi connectivity index (χ4n) is 1.43. The first-order chi connectivity index (χ1) is 6.99. The quantitative estimate of drug-likeness (QED) is 0.402. The Morgan fingerprint density at radius 2 is 1.87 bits per heavy atom. The maximum absolute atomic E-state index is 11.3. The molecule has 0 aliphatic heterocycles. The molecule has 0 aromatic carbocycles. The van der Waals surface area contributed by atoms with Crippen LogP contribution in [0.4, 0.5) is 0 Å². The van der Waals surface area contributed by atoms with Crippen LogP contribution in [0.1, 0.15) is 46.0 Å². The van der Waals surface area contributed by atoms with Gasteiger partial charge < -0.3 is 9.84 Å². The molecule has 1 unspecified atom stereocenters. The van der Waals surface area contributed by atoms with E-state index in [-0.39, 0.29) is 0 Å². The van der Waals surface area contributed by atoms with E-state index < -0.39 is 17.4 Å². The summed E-state index contributed by atoms with van der Waals surface area (Å²) < 4.78 is 4.51. The molecule has 0 fully saturated rings. The highest BCUT2D eigenvalue weighted by molar-refractivity contribution is 5.98. The van der Waals surface area contributed by atoms with Crippen LogP contribution in [0.15, 0.2) is 0 Å². The number of carbonyl (C=O) groups is 2. The van der Waals surface area contributed by atoms with Gasteiger partial charge in [-0.05, 0) is 13.3 Å². The molecule has 0 saturated carbocycles. The van der Waals surface area contributed by atoms with Gasteiger partial charge in [-0.15, -0.1) is 0 Å². The molecule has 0 aliphatic carbocycles. The van der Waals surface area contributed by atoms with Gasteiger partial charge >= 0.3 is 11.9 Å². The normalized spacial score (nSPS) is 14.3. The van der Waals surface area contributed by atoms with Crippen LogP contribution in [0.5, 0.6) is 0 Å². The lowest BCUT2D eigenvalue weighted by atomic mass is 9.84. The zero-order valence-electron chi connectivity index (χ0n) is 9.71. The van der Waals surface area contributed by atoms with Crippen molar-refractivity contribution >= 4 is 11.9 Å². The van der Waals surface area contributed by atoms with Crippen LogP contribution in [0.3, 0.4) is 0 Å². The Kier molecular flexibility index (Phi) is 5.97. The Hall–Kier alpha value is -1.06. The van der Waals surface area contributed by atoms with E-state index in [2.05, 4.69) is 11.7 Å². The summed E-state index contributed by atoms with van der Waals surface area (Å²) in [5.41, 5.74) is -1.39. The Labute approximate surface area is 90.6 Å². The average Bonchev–Trinajstić information content (AvgIpc) is 2.22. The molecule has 0 aliphatic rings. The number of carbonyl (C=O) groups excluding carboxylic acids is 1. The second-order valence-corrected chi connectivity index (χ2v) is 3.94. The first kappa shape index (κ1) is 13.9. The van der Waals surface area contributed by atoms with Gasteiger partial charge in [0, 0.05) is 0 Å². The van der Waals surface area contributed by atoms with Gasteiger partial charge in [-0.2, -0.15) is 0 Å². The second kappa shape index (κ2) is 6.43. The monoisotopic (exact) mass is 216 g/mol. The number of methoxy groups -OCH3 is 1. The molecule has 0 radical (unpaired) electrons. The standard InChI is InChI=1S/C11H20O4/c1-4-5-6-7-8-11(2,9(12)13)10(14)15-3/h4-8H2,1-3H3,(H,12,13). The molecule has 0 heterocycles. The number of hydrogen-bond acceptors (Lipinski definition) is 3. The van der Waals surface area contributed by atoms with Gasteiger partial charge in [-0.25, -0.2) is 0 Å². The van der Waals surface area contributed by atoms with Crippen LogP contribution in [0, 0.1) is 5.41 Å². The summed E-state index contributed by atoms with van der Waals surface area (Å²) in [5, 5.41) is 8.99. The molecule has 0 aromatic heterocycles. The molecule has 4 heteroatoms. The van der Waals surface area contributed by atoms with Crippen molar-refractivity contribution in [3.05, 3.63) is 0 Å². The van der Waals surface area contributed by atoms with E-state index in [4.69, 9.17) is 5.11 Å². The topological polar surface area (TPSA) is 63.6 Å². The number of ether oxygens (including phenoxy) is 1. The van der Waals surface area contributed by atoms with Crippen molar-refractivity contribution < 1.29 is 19.4 Å². The molecule has 0 saturated heterocycles.